The number of carbonyl (C=O) groups is 1. The van der Waals surface area contributed by atoms with E-state index in [2.05, 4.69) is 15.5 Å². The molecule has 0 fully saturated rings. The van der Waals surface area contributed by atoms with E-state index in [0.29, 0.717) is 16.7 Å². The number of aromatic nitrogens is 3. The predicted molar refractivity (Wildman–Crippen MR) is 119 cm³/mol. The number of nitrogens with zero attached hydrogens (tertiary/aromatic N) is 4. The second kappa shape index (κ2) is 9.76. The third kappa shape index (κ3) is 5.41. The molecule has 0 spiro atoms. The Hall–Kier alpha value is -2.49. The Balaban J connectivity index is 1.87. The minimum absolute atomic E-state index is 0.0452. The van der Waals surface area contributed by atoms with Gasteiger partial charge < -0.3 is 5.32 Å². The molecule has 6 nitrogen and oxygen atoms in total. The van der Waals surface area contributed by atoms with E-state index in [0.717, 1.165) is 6.07 Å². The number of thioether (sulfide) groups is 1. The summed E-state index contributed by atoms with van der Waals surface area (Å²) in [5.74, 6) is -0.724. The van der Waals surface area contributed by atoms with Crippen molar-refractivity contribution in [3.63, 3.8) is 0 Å². The summed E-state index contributed by atoms with van der Waals surface area (Å²) in [4.78, 5) is 14.6. The molecule has 2 atom stereocenters. The standard InChI is InChI=1S/C21H22ClF2N5OS/c1-12(28(3)4)19-26-27-21(29(19)16-8-6-15(23)7-9-16)31-13(2)20(30)25-18-10-5-14(22)11-17(18)24/h5-13H,1-4H3,(H,25,30)/t12-,13-/m1/s1. The van der Waals surface area contributed by atoms with Crippen molar-refractivity contribution in [2.24, 2.45) is 0 Å². The van der Waals surface area contributed by atoms with Crippen LogP contribution in [0.3, 0.4) is 0 Å². The first-order chi connectivity index (χ1) is 14.7. The highest BCUT2D eigenvalue weighted by atomic mass is 35.5. The van der Waals surface area contributed by atoms with E-state index in [1.54, 1.807) is 23.6 Å². The van der Waals surface area contributed by atoms with Crippen LogP contribution in [0, 0.1) is 11.6 Å². The van der Waals surface area contributed by atoms with Crippen molar-refractivity contribution in [1.82, 2.24) is 19.7 Å². The second-order valence-electron chi connectivity index (χ2n) is 7.17. The molecule has 1 heterocycles. The minimum atomic E-state index is -0.616. The van der Waals surface area contributed by atoms with Crippen LogP contribution in [0.15, 0.2) is 47.6 Å². The van der Waals surface area contributed by atoms with Gasteiger partial charge in [0.15, 0.2) is 11.0 Å². The van der Waals surface area contributed by atoms with Crippen molar-refractivity contribution in [3.05, 3.63) is 64.9 Å². The van der Waals surface area contributed by atoms with Crippen molar-refractivity contribution < 1.29 is 13.6 Å². The molecule has 0 radical (unpaired) electrons. The number of rotatable bonds is 7. The van der Waals surface area contributed by atoms with Crippen LogP contribution < -0.4 is 5.32 Å². The molecule has 1 aromatic heterocycles. The summed E-state index contributed by atoms with van der Waals surface area (Å²) >= 11 is 6.93. The van der Waals surface area contributed by atoms with Crippen molar-refractivity contribution in [2.75, 3.05) is 19.4 Å². The highest BCUT2D eigenvalue weighted by Crippen LogP contribution is 2.30. The summed E-state index contributed by atoms with van der Waals surface area (Å²) in [6.07, 6.45) is 0. The van der Waals surface area contributed by atoms with E-state index in [1.165, 1.54) is 36.0 Å². The maximum Gasteiger partial charge on any atom is 0.237 e. The zero-order valence-corrected chi connectivity index (χ0v) is 19.0. The average molecular weight is 466 g/mol. The molecule has 2 aromatic carbocycles. The summed E-state index contributed by atoms with van der Waals surface area (Å²) in [6, 6.07) is 9.92. The number of halogens is 3. The normalized spacial score (nSPS) is 13.3. The van der Waals surface area contributed by atoms with Gasteiger partial charge in [0.2, 0.25) is 5.91 Å². The lowest BCUT2D eigenvalue weighted by molar-refractivity contribution is -0.115. The summed E-state index contributed by atoms with van der Waals surface area (Å²) in [5, 5.41) is 11.2. The Morgan fingerprint density at radius 2 is 1.81 bits per heavy atom. The van der Waals surface area contributed by atoms with Gasteiger partial charge in [-0.3, -0.25) is 14.3 Å². The number of benzene rings is 2. The summed E-state index contributed by atoms with van der Waals surface area (Å²) in [7, 11) is 3.83. The molecular weight excluding hydrogens is 444 g/mol. The lowest BCUT2D eigenvalue weighted by Crippen LogP contribution is -2.24. The molecule has 0 aliphatic carbocycles. The number of nitrogens with one attached hydrogen (secondary N) is 1. The summed E-state index contributed by atoms with van der Waals surface area (Å²) in [6.45, 7) is 3.66. The van der Waals surface area contributed by atoms with E-state index < -0.39 is 17.0 Å². The highest BCUT2D eigenvalue weighted by Gasteiger charge is 2.25. The Labute approximate surface area is 188 Å². The molecule has 0 aliphatic rings. The van der Waals surface area contributed by atoms with Crippen LogP contribution in [0.2, 0.25) is 5.02 Å². The summed E-state index contributed by atoms with van der Waals surface area (Å²) in [5.41, 5.74) is 0.720. The zero-order chi connectivity index (χ0) is 22.7. The fourth-order valence-electron chi connectivity index (χ4n) is 2.73. The average Bonchev–Trinajstić information content (AvgIpc) is 3.13. The molecule has 0 bridgehead atoms. The van der Waals surface area contributed by atoms with E-state index in [9.17, 15) is 13.6 Å². The number of amides is 1. The van der Waals surface area contributed by atoms with Gasteiger partial charge in [-0.25, -0.2) is 8.78 Å². The van der Waals surface area contributed by atoms with Gasteiger partial charge in [-0.15, -0.1) is 10.2 Å². The monoisotopic (exact) mass is 465 g/mol. The molecule has 1 N–H and O–H groups in total. The molecule has 1 amide bonds. The van der Waals surface area contributed by atoms with E-state index in [-0.39, 0.29) is 22.6 Å². The highest BCUT2D eigenvalue weighted by molar-refractivity contribution is 8.00. The maximum atomic E-state index is 14.0. The SMILES string of the molecule is C[C@H](c1nnc(S[C@H](C)C(=O)Nc2ccc(Cl)cc2F)n1-c1ccc(F)cc1)N(C)C. The van der Waals surface area contributed by atoms with Gasteiger partial charge >= 0.3 is 0 Å². The first kappa shape index (κ1) is 23.2. The minimum Gasteiger partial charge on any atom is -0.323 e. The molecule has 0 saturated carbocycles. The largest absolute Gasteiger partial charge is 0.323 e. The van der Waals surface area contributed by atoms with Gasteiger partial charge in [0.1, 0.15) is 11.6 Å². The first-order valence-electron chi connectivity index (χ1n) is 9.47. The maximum absolute atomic E-state index is 14.0. The van der Waals surface area contributed by atoms with Crippen LogP contribution in [0.25, 0.3) is 5.69 Å². The van der Waals surface area contributed by atoms with Crippen molar-refractivity contribution in [3.8, 4) is 5.69 Å². The Bertz CT molecular complexity index is 1070. The molecule has 0 unspecified atom stereocenters. The Morgan fingerprint density at radius 1 is 1.13 bits per heavy atom. The number of anilines is 1. The molecule has 0 saturated heterocycles. The molecule has 3 aromatic rings. The second-order valence-corrected chi connectivity index (χ2v) is 8.91. The van der Waals surface area contributed by atoms with Gasteiger partial charge in [0.25, 0.3) is 0 Å². The number of hydrogen-bond donors (Lipinski definition) is 1. The van der Waals surface area contributed by atoms with Gasteiger partial charge in [0, 0.05) is 10.7 Å². The quantitative estimate of drug-likeness (QED) is 0.501. The predicted octanol–water partition coefficient (Wildman–Crippen LogP) is 4.94. The van der Waals surface area contributed by atoms with Crippen molar-refractivity contribution >= 4 is 35.0 Å². The van der Waals surface area contributed by atoms with Crippen LogP contribution in [0.4, 0.5) is 14.5 Å². The fraction of sp³-hybridized carbons (Fsp3) is 0.286. The van der Waals surface area contributed by atoms with Crippen molar-refractivity contribution in [2.45, 2.75) is 30.3 Å². The molecule has 164 valence electrons. The lowest BCUT2D eigenvalue weighted by Gasteiger charge is -2.21. The van der Waals surface area contributed by atoms with Crippen LogP contribution >= 0.6 is 23.4 Å². The lowest BCUT2D eigenvalue weighted by atomic mass is 10.2. The van der Waals surface area contributed by atoms with Gasteiger partial charge in [-0.2, -0.15) is 0 Å². The van der Waals surface area contributed by atoms with Crippen LogP contribution in [0.1, 0.15) is 25.7 Å². The first-order valence-corrected chi connectivity index (χ1v) is 10.7. The van der Waals surface area contributed by atoms with E-state index in [1.807, 2.05) is 25.9 Å². The third-order valence-electron chi connectivity index (χ3n) is 4.73. The third-order valence-corrected chi connectivity index (χ3v) is 6.01. The number of carbonyl (C=O) groups excluding carboxylic acids is 1. The van der Waals surface area contributed by atoms with Gasteiger partial charge in [0.05, 0.1) is 17.0 Å². The van der Waals surface area contributed by atoms with Crippen molar-refractivity contribution in [1.29, 1.82) is 0 Å². The van der Waals surface area contributed by atoms with Crippen LogP contribution in [-0.2, 0) is 4.79 Å². The topological polar surface area (TPSA) is 63.1 Å². The van der Waals surface area contributed by atoms with Crippen LogP contribution in [-0.4, -0.2) is 44.9 Å². The molecule has 31 heavy (non-hydrogen) atoms. The van der Waals surface area contributed by atoms with Gasteiger partial charge in [-0.1, -0.05) is 23.4 Å². The van der Waals surface area contributed by atoms with E-state index in [4.69, 9.17) is 11.6 Å². The molecular formula is C21H22ClF2N5OS. The molecule has 0 aliphatic heterocycles. The zero-order valence-electron chi connectivity index (χ0n) is 17.4. The fourth-order valence-corrected chi connectivity index (χ4v) is 3.76. The number of hydrogen-bond acceptors (Lipinski definition) is 5. The Kier molecular flexibility index (Phi) is 7.30. The summed E-state index contributed by atoms with van der Waals surface area (Å²) < 4.78 is 29.3. The van der Waals surface area contributed by atoms with Crippen LogP contribution in [0.5, 0.6) is 0 Å². The smallest absolute Gasteiger partial charge is 0.237 e. The molecule has 10 heteroatoms. The van der Waals surface area contributed by atoms with E-state index >= 15 is 0 Å². The Morgan fingerprint density at radius 3 is 2.42 bits per heavy atom. The van der Waals surface area contributed by atoms with Gasteiger partial charge in [-0.05, 0) is 70.4 Å². The molecule has 3 rings (SSSR count).